The minimum absolute atomic E-state index is 0.232. The molecule has 0 spiro atoms. The second kappa shape index (κ2) is 7.88. The summed E-state index contributed by atoms with van der Waals surface area (Å²) in [7, 11) is 1.26. The summed E-state index contributed by atoms with van der Waals surface area (Å²) in [6, 6.07) is 4.40. The Balaban J connectivity index is 2.00. The molecule has 0 saturated carbocycles. The molecule has 0 unspecified atom stereocenters. The standard InChI is InChI=1S/C14H10Cl3NO4S/c1-21-14(20)7-2-3-23-13(7)18-12(19)6-22-11-5-9(16)8(15)4-10(11)17/h2-5H,6H2,1H3,(H,18,19). The molecular formula is C14H10Cl3NO4S. The Morgan fingerprint density at radius 1 is 1.17 bits per heavy atom. The van der Waals surface area contributed by atoms with Crippen molar-refractivity contribution in [3.05, 3.63) is 44.2 Å². The lowest BCUT2D eigenvalue weighted by Crippen LogP contribution is -2.21. The highest BCUT2D eigenvalue weighted by Gasteiger charge is 2.16. The van der Waals surface area contributed by atoms with Gasteiger partial charge in [-0.15, -0.1) is 11.3 Å². The van der Waals surface area contributed by atoms with Gasteiger partial charge in [-0.2, -0.15) is 0 Å². The van der Waals surface area contributed by atoms with Crippen molar-refractivity contribution >= 4 is 63.0 Å². The van der Waals surface area contributed by atoms with Crippen molar-refractivity contribution in [2.45, 2.75) is 0 Å². The van der Waals surface area contributed by atoms with Crippen molar-refractivity contribution < 1.29 is 19.1 Å². The zero-order valence-electron chi connectivity index (χ0n) is 11.7. The van der Waals surface area contributed by atoms with Gasteiger partial charge in [0.15, 0.2) is 6.61 Å². The number of esters is 1. The van der Waals surface area contributed by atoms with E-state index in [-0.39, 0.29) is 33.0 Å². The topological polar surface area (TPSA) is 64.6 Å². The van der Waals surface area contributed by atoms with E-state index in [4.69, 9.17) is 39.5 Å². The van der Waals surface area contributed by atoms with Gasteiger partial charge in [0.2, 0.25) is 0 Å². The van der Waals surface area contributed by atoms with E-state index >= 15 is 0 Å². The Kier molecular flexibility index (Phi) is 6.12. The summed E-state index contributed by atoms with van der Waals surface area (Å²) in [6.07, 6.45) is 0. The average molecular weight is 395 g/mol. The van der Waals surface area contributed by atoms with Gasteiger partial charge in [-0.1, -0.05) is 34.8 Å². The van der Waals surface area contributed by atoms with Crippen LogP contribution in [-0.4, -0.2) is 25.6 Å². The molecule has 0 bridgehead atoms. The summed E-state index contributed by atoms with van der Waals surface area (Å²) in [5.41, 5.74) is 0.276. The van der Waals surface area contributed by atoms with Gasteiger partial charge >= 0.3 is 5.97 Å². The van der Waals surface area contributed by atoms with E-state index in [9.17, 15) is 9.59 Å². The van der Waals surface area contributed by atoms with E-state index in [2.05, 4.69) is 10.1 Å². The van der Waals surface area contributed by atoms with Crippen LogP contribution < -0.4 is 10.1 Å². The molecule has 23 heavy (non-hydrogen) atoms. The smallest absolute Gasteiger partial charge is 0.340 e. The summed E-state index contributed by atoms with van der Waals surface area (Å²) in [5.74, 6) is -0.759. The molecule has 1 aromatic heterocycles. The number of carbonyl (C=O) groups excluding carboxylic acids is 2. The maximum Gasteiger partial charge on any atom is 0.340 e. The lowest BCUT2D eigenvalue weighted by atomic mass is 10.3. The number of thiophene rings is 1. The highest BCUT2D eigenvalue weighted by molar-refractivity contribution is 7.14. The summed E-state index contributed by atoms with van der Waals surface area (Å²) < 4.78 is 9.94. The summed E-state index contributed by atoms with van der Waals surface area (Å²) >= 11 is 18.8. The van der Waals surface area contributed by atoms with Crippen LogP contribution in [-0.2, 0) is 9.53 Å². The van der Waals surface area contributed by atoms with Gasteiger partial charge in [0.1, 0.15) is 10.8 Å². The lowest BCUT2D eigenvalue weighted by molar-refractivity contribution is -0.118. The summed E-state index contributed by atoms with van der Waals surface area (Å²) in [6.45, 7) is -0.309. The molecule has 0 aliphatic heterocycles. The molecule has 2 aromatic rings. The van der Waals surface area contributed by atoms with E-state index in [1.807, 2.05) is 0 Å². The molecule has 0 atom stereocenters. The van der Waals surface area contributed by atoms with Gasteiger partial charge in [-0.25, -0.2) is 4.79 Å². The molecule has 0 fully saturated rings. The van der Waals surface area contributed by atoms with E-state index in [0.29, 0.717) is 5.00 Å². The average Bonchev–Trinajstić information content (AvgIpc) is 2.96. The number of carbonyl (C=O) groups is 2. The third-order valence-corrected chi connectivity index (χ3v) is 4.50. The van der Waals surface area contributed by atoms with E-state index in [1.54, 1.807) is 11.4 Å². The van der Waals surface area contributed by atoms with Crippen molar-refractivity contribution in [3.8, 4) is 5.75 Å². The first kappa shape index (κ1) is 17.9. The van der Waals surface area contributed by atoms with Gasteiger partial charge in [0.05, 0.1) is 27.7 Å². The van der Waals surface area contributed by atoms with Crippen LogP contribution in [0.4, 0.5) is 5.00 Å². The third-order valence-electron chi connectivity index (χ3n) is 2.66. The molecule has 0 saturated heterocycles. The van der Waals surface area contributed by atoms with Crippen LogP contribution in [0.15, 0.2) is 23.6 Å². The first-order valence-corrected chi connectivity index (χ1v) is 8.16. The van der Waals surface area contributed by atoms with Gasteiger partial charge in [-0.3, -0.25) is 4.79 Å². The fourth-order valence-corrected chi connectivity index (χ4v) is 2.98. The summed E-state index contributed by atoms with van der Waals surface area (Å²) in [4.78, 5) is 23.5. The van der Waals surface area contributed by atoms with Gasteiger partial charge < -0.3 is 14.8 Å². The Morgan fingerprint density at radius 3 is 2.57 bits per heavy atom. The normalized spacial score (nSPS) is 10.3. The predicted octanol–water partition coefficient (Wildman–Crippen LogP) is 4.51. The lowest BCUT2D eigenvalue weighted by Gasteiger charge is -2.09. The zero-order chi connectivity index (χ0) is 17.0. The monoisotopic (exact) mass is 393 g/mol. The zero-order valence-corrected chi connectivity index (χ0v) is 14.8. The SMILES string of the molecule is COC(=O)c1ccsc1NC(=O)COc1cc(Cl)c(Cl)cc1Cl. The second-order valence-electron chi connectivity index (χ2n) is 4.19. The van der Waals surface area contributed by atoms with Crippen LogP contribution in [0.25, 0.3) is 0 Å². The molecule has 1 heterocycles. The van der Waals surface area contributed by atoms with Crippen molar-refractivity contribution in [1.29, 1.82) is 0 Å². The van der Waals surface area contributed by atoms with Gasteiger partial charge in [0, 0.05) is 6.07 Å². The van der Waals surface area contributed by atoms with E-state index < -0.39 is 11.9 Å². The largest absolute Gasteiger partial charge is 0.482 e. The van der Waals surface area contributed by atoms with Gasteiger partial charge in [0.25, 0.3) is 5.91 Å². The van der Waals surface area contributed by atoms with E-state index in [0.717, 1.165) is 0 Å². The fraction of sp³-hybridized carbons (Fsp3) is 0.143. The molecule has 1 amide bonds. The summed E-state index contributed by atoms with van der Waals surface area (Å²) in [5, 5.41) is 5.40. The second-order valence-corrected chi connectivity index (χ2v) is 6.33. The molecule has 0 radical (unpaired) electrons. The van der Waals surface area contributed by atoms with Crippen molar-refractivity contribution in [3.63, 3.8) is 0 Å². The van der Waals surface area contributed by atoms with Crippen LogP contribution >= 0.6 is 46.1 Å². The number of amides is 1. The number of nitrogens with one attached hydrogen (secondary N) is 1. The third kappa shape index (κ3) is 4.51. The molecule has 9 heteroatoms. The highest BCUT2D eigenvalue weighted by Crippen LogP contribution is 2.33. The molecule has 1 aromatic carbocycles. The molecule has 2 rings (SSSR count). The molecule has 1 N–H and O–H groups in total. The first-order valence-electron chi connectivity index (χ1n) is 6.15. The maximum absolute atomic E-state index is 11.9. The number of benzene rings is 1. The number of hydrogen-bond donors (Lipinski definition) is 1. The van der Waals surface area contributed by atoms with Crippen LogP contribution in [0.1, 0.15) is 10.4 Å². The van der Waals surface area contributed by atoms with E-state index in [1.165, 1.54) is 30.6 Å². The van der Waals surface area contributed by atoms with Gasteiger partial charge in [-0.05, 0) is 17.5 Å². The number of hydrogen-bond acceptors (Lipinski definition) is 5. The predicted molar refractivity (Wildman–Crippen MR) is 91.3 cm³/mol. The van der Waals surface area contributed by atoms with Crippen molar-refractivity contribution in [2.75, 3.05) is 19.0 Å². The molecular weight excluding hydrogens is 385 g/mol. The minimum atomic E-state index is -0.532. The van der Waals surface area contributed by atoms with Crippen molar-refractivity contribution in [1.82, 2.24) is 0 Å². The number of rotatable bonds is 5. The Morgan fingerprint density at radius 2 is 1.87 bits per heavy atom. The number of halogens is 3. The molecule has 0 aliphatic carbocycles. The van der Waals surface area contributed by atoms with Crippen LogP contribution in [0, 0.1) is 0 Å². The number of methoxy groups -OCH3 is 1. The number of anilines is 1. The molecule has 5 nitrogen and oxygen atoms in total. The highest BCUT2D eigenvalue weighted by atomic mass is 35.5. The van der Waals surface area contributed by atoms with Crippen LogP contribution in [0.3, 0.4) is 0 Å². The maximum atomic E-state index is 11.9. The molecule has 122 valence electrons. The quantitative estimate of drug-likeness (QED) is 0.598. The minimum Gasteiger partial charge on any atom is -0.482 e. The fourth-order valence-electron chi connectivity index (χ4n) is 1.60. The Hall–Kier alpha value is -1.47. The van der Waals surface area contributed by atoms with Crippen molar-refractivity contribution in [2.24, 2.45) is 0 Å². The number of ether oxygens (including phenoxy) is 2. The first-order chi connectivity index (χ1) is 10.9. The van der Waals surface area contributed by atoms with Crippen LogP contribution in [0.2, 0.25) is 15.1 Å². The Bertz CT molecular complexity index is 748. The van der Waals surface area contributed by atoms with Crippen LogP contribution in [0.5, 0.6) is 5.75 Å². The molecule has 0 aliphatic rings. The Labute approximate surface area is 151 Å².